The lowest BCUT2D eigenvalue weighted by Crippen LogP contribution is -2.49. The fourth-order valence-corrected chi connectivity index (χ4v) is 2.60. The van der Waals surface area contributed by atoms with Crippen molar-refractivity contribution < 1.29 is 13.9 Å². The molecule has 2 rings (SSSR count). The van der Waals surface area contributed by atoms with E-state index >= 15 is 0 Å². The lowest BCUT2D eigenvalue weighted by atomic mass is 10.0. The van der Waals surface area contributed by atoms with E-state index in [1.807, 2.05) is 24.8 Å². The number of amides is 1. The molecule has 2 atom stereocenters. The molecule has 0 spiro atoms. The zero-order valence-corrected chi connectivity index (χ0v) is 12.6. The van der Waals surface area contributed by atoms with E-state index in [0.29, 0.717) is 26.3 Å². The van der Waals surface area contributed by atoms with Crippen LogP contribution in [0.25, 0.3) is 0 Å². The molecule has 5 heteroatoms. The second kappa shape index (κ2) is 7.52. The highest BCUT2D eigenvalue weighted by Gasteiger charge is 2.24. The van der Waals surface area contributed by atoms with Gasteiger partial charge in [0.25, 0.3) is 0 Å². The molecule has 1 amide bonds. The van der Waals surface area contributed by atoms with E-state index < -0.39 is 0 Å². The SMILES string of the molecule is CCC(NC(C)C(=O)N1CCOCC1)c1cccc(F)c1. The Morgan fingerprint density at radius 1 is 1.43 bits per heavy atom. The van der Waals surface area contributed by atoms with Crippen molar-refractivity contribution in [3.63, 3.8) is 0 Å². The first-order valence-corrected chi connectivity index (χ1v) is 7.50. The molecular weight excluding hydrogens is 271 g/mol. The van der Waals surface area contributed by atoms with Gasteiger partial charge >= 0.3 is 0 Å². The number of carbonyl (C=O) groups is 1. The predicted molar refractivity (Wildman–Crippen MR) is 79.4 cm³/mol. The fraction of sp³-hybridized carbons (Fsp3) is 0.562. The van der Waals surface area contributed by atoms with Gasteiger partial charge in [-0.05, 0) is 31.0 Å². The van der Waals surface area contributed by atoms with Gasteiger partial charge in [0.05, 0.1) is 19.3 Å². The summed E-state index contributed by atoms with van der Waals surface area (Å²) in [6.45, 7) is 6.36. The summed E-state index contributed by atoms with van der Waals surface area (Å²) in [6, 6.07) is 6.21. The van der Waals surface area contributed by atoms with E-state index in [2.05, 4.69) is 5.32 Å². The summed E-state index contributed by atoms with van der Waals surface area (Å²) in [4.78, 5) is 14.2. The van der Waals surface area contributed by atoms with Gasteiger partial charge in [0.15, 0.2) is 0 Å². The Morgan fingerprint density at radius 3 is 2.76 bits per heavy atom. The van der Waals surface area contributed by atoms with E-state index in [-0.39, 0.29) is 23.8 Å². The highest BCUT2D eigenvalue weighted by Crippen LogP contribution is 2.18. The van der Waals surface area contributed by atoms with Crippen molar-refractivity contribution in [1.29, 1.82) is 0 Å². The maximum Gasteiger partial charge on any atom is 0.239 e. The van der Waals surface area contributed by atoms with Crippen LogP contribution >= 0.6 is 0 Å². The zero-order chi connectivity index (χ0) is 15.2. The lowest BCUT2D eigenvalue weighted by molar-refractivity contribution is -0.137. The third kappa shape index (κ3) is 4.25. The third-order valence-electron chi connectivity index (χ3n) is 3.80. The number of ether oxygens (including phenoxy) is 1. The largest absolute Gasteiger partial charge is 0.378 e. The quantitative estimate of drug-likeness (QED) is 0.904. The van der Waals surface area contributed by atoms with Crippen LogP contribution in [-0.4, -0.2) is 43.2 Å². The summed E-state index contributed by atoms with van der Waals surface area (Å²) < 4.78 is 18.6. The van der Waals surface area contributed by atoms with Gasteiger partial charge < -0.3 is 9.64 Å². The number of morpholine rings is 1. The lowest BCUT2D eigenvalue weighted by Gasteiger charge is -2.31. The summed E-state index contributed by atoms with van der Waals surface area (Å²) >= 11 is 0. The van der Waals surface area contributed by atoms with Crippen LogP contribution < -0.4 is 5.32 Å². The highest BCUT2D eigenvalue weighted by molar-refractivity contribution is 5.81. The molecule has 1 aliphatic heterocycles. The molecule has 116 valence electrons. The first-order valence-electron chi connectivity index (χ1n) is 7.50. The van der Waals surface area contributed by atoms with Crippen molar-refractivity contribution in [3.05, 3.63) is 35.6 Å². The minimum Gasteiger partial charge on any atom is -0.378 e. The monoisotopic (exact) mass is 294 g/mol. The Balaban J connectivity index is 1.98. The van der Waals surface area contributed by atoms with E-state index in [9.17, 15) is 9.18 Å². The summed E-state index contributed by atoms with van der Waals surface area (Å²) in [5.41, 5.74) is 0.874. The molecule has 1 saturated heterocycles. The Morgan fingerprint density at radius 2 is 2.14 bits per heavy atom. The Labute approximate surface area is 125 Å². The molecule has 2 unspecified atom stereocenters. The van der Waals surface area contributed by atoms with Crippen LogP contribution in [0.3, 0.4) is 0 Å². The molecule has 4 nitrogen and oxygen atoms in total. The van der Waals surface area contributed by atoms with Gasteiger partial charge in [-0.3, -0.25) is 10.1 Å². The average Bonchev–Trinajstić information content (AvgIpc) is 2.52. The van der Waals surface area contributed by atoms with Crippen LogP contribution in [0.4, 0.5) is 4.39 Å². The van der Waals surface area contributed by atoms with Gasteiger partial charge in [-0.25, -0.2) is 4.39 Å². The fourth-order valence-electron chi connectivity index (χ4n) is 2.60. The molecule has 1 aromatic carbocycles. The normalized spacial score (nSPS) is 18.3. The molecule has 0 aliphatic carbocycles. The molecule has 1 fully saturated rings. The first-order chi connectivity index (χ1) is 10.1. The molecule has 0 radical (unpaired) electrons. The van der Waals surface area contributed by atoms with Gasteiger partial charge in [-0.2, -0.15) is 0 Å². The number of benzene rings is 1. The third-order valence-corrected chi connectivity index (χ3v) is 3.80. The molecule has 21 heavy (non-hydrogen) atoms. The van der Waals surface area contributed by atoms with Crippen molar-refractivity contribution >= 4 is 5.91 Å². The minimum absolute atomic E-state index is 0.0271. The molecular formula is C16H23FN2O2. The summed E-state index contributed by atoms with van der Waals surface area (Å²) in [5.74, 6) is -0.173. The zero-order valence-electron chi connectivity index (χ0n) is 12.6. The van der Waals surface area contributed by atoms with Gasteiger partial charge in [0.1, 0.15) is 5.82 Å². The van der Waals surface area contributed by atoms with Gasteiger partial charge in [-0.1, -0.05) is 19.1 Å². The van der Waals surface area contributed by atoms with Gasteiger partial charge in [0.2, 0.25) is 5.91 Å². The number of rotatable bonds is 5. The number of nitrogens with zero attached hydrogens (tertiary/aromatic N) is 1. The summed E-state index contributed by atoms with van der Waals surface area (Å²) in [7, 11) is 0. The van der Waals surface area contributed by atoms with Crippen molar-refractivity contribution in [1.82, 2.24) is 10.2 Å². The molecule has 1 aliphatic rings. The van der Waals surface area contributed by atoms with Crippen LogP contribution in [0.1, 0.15) is 31.9 Å². The van der Waals surface area contributed by atoms with Crippen LogP contribution in [0.2, 0.25) is 0 Å². The van der Waals surface area contributed by atoms with Crippen LogP contribution in [-0.2, 0) is 9.53 Å². The van der Waals surface area contributed by atoms with Crippen LogP contribution in [0.5, 0.6) is 0 Å². The van der Waals surface area contributed by atoms with Crippen molar-refractivity contribution in [2.45, 2.75) is 32.4 Å². The second-order valence-corrected chi connectivity index (χ2v) is 5.34. The highest BCUT2D eigenvalue weighted by atomic mass is 19.1. The smallest absolute Gasteiger partial charge is 0.239 e. The van der Waals surface area contributed by atoms with Crippen molar-refractivity contribution in [2.75, 3.05) is 26.3 Å². The summed E-state index contributed by atoms with van der Waals surface area (Å²) in [6.07, 6.45) is 0.796. The number of halogens is 1. The van der Waals surface area contributed by atoms with Crippen molar-refractivity contribution in [3.8, 4) is 0 Å². The first kappa shape index (κ1) is 15.9. The molecule has 1 heterocycles. The molecule has 0 aromatic heterocycles. The van der Waals surface area contributed by atoms with Crippen LogP contribution in [0.15, 0.2) is 24.3 Å². The second-order valence-electron chi connectivity index (χ2n) is 5.34. The maximum atomic E-state index is 13.3. The Bertz CT molecular complexity index is 475. The number of carbonyl (C=O) groups excluding carboxylic acids is 1. The predicted octanol–water partition coefficient (Wildman–Crippen LogP) is 2.11. The van der Waals surface area contributed by atoms with E-state index in [1.54, 1.807) is 6.07 Å². The van der Waals surface area contributed by atoms with E-state index in [0.717, 1.165) is 12.0 Å². The molecule has 1 aromatic rings. The average molecular weight is 294 g/mol. The standard InChI is InChI=1S/C16H23FN2O2/c1-3-15(13-5-4-6-14(17)11-13)18-12(2)16(20)19-7-9-21-10-8-19/h4-6,11-12,15,18H,3,7-10H2,1-2H3. The topological polar surface area (TPSA) is 41.6 Å². The maximum absolute atomic E-state index is 13.3. The van der Waals surface area contributed by atoms with Crippen LogP contribution in [0, 0.1) is 5.82 Å². The van der Waals surface area contributed by atoms with Crippen molar-refractivity contribution in [2.24, 2.45) is 0 Å². The molecule has 1 N–H and O–H groups in total. The number of hydrogen-bond acceptors (Lipinski definition) is 3. The Kier molecular flexibility index (Phi) is 5.70. The summed E-state index contributed by atoms with van der Waals surface area (Å²) in [5, 5.41) is 3.31. The number of nitrogens with one attached hydrogen (secondary N) is 1. The van der Waals surface area contributed by atoms with E-state index in [1.165, 1.54) is 12.1 Å². The molecule has 0 bridgehead atoms. The Hall–Kier alpha value is -1.46. The van der Waals surface area contributed by atoms with Gasteiger partial charge in [-0.15, -0.1) is 0 Å². The van der Waals surface area contributed by atoms with Gasteiger partial charge in [0, 0.05) is 19.1 Å². The molecule has 0 saturated carbocycles. The van der Waals surface area contributed by atoms with E-state index in [4.69, 9.17) is 4.74 Å². The number of hydrogen-bond donors (Lipinski definition) is 1. The minimum atomic E-state index is -0.295.